The van der Waals surface area contributed by atoms with Gasteiger partial charge in [-0.25, -0.2) is 0 Å². The number of ether oxygens (including phenoxy) is 4. The lowest BCUT2D eigenvalue weighted by Crippen LogP contribution is -2.15. The van der Waals surface area contributed by atoms with E-state index < -0.39 is 0 Å². The van der Waals surface area contributed by atoms with Crippen molar-refractivity contribution in [1.29, 1.82) is 0 Å². The van der Waals surface area contributed by atoms with E-state index in [1.807, 2.05) is 60.7 Å². The number of fused-ring (bicyclic) bond motifs is 1. The van der Waals surface area contributed by atoms with Crippen molar-refractivity contribution in [3.8, 4) is 34.1 Å². The summed E-state index contributed by atoms with van der Waals surface area (Å²) in [5, 5.41) is 2.90. The third kappa shape index (κ3) is 4.80. The largest absolute Gasteiger partial charge is 0.497 e. The first-order valence-corrected chi connectivity index (χ1v) is 9.87. The zero-order valence-electron chi connectivity index (χ0n) is 17.4. The fourth-order valence-electron chi connectivity index (χ4n) is 3.30. The number of anilines is 1. The predicted octanol–water partition coefficient (Wildman–Crippen LogP) is 4.79. The van der Waals surface area contributed by atoms with E-state index in [2.05, 4.69) is 5.32 Å². The number of methoxy groups -OCH3 is 2. The molecule has 0 saturated carbocycles. The molecule has 0 spiro atoms. The molecule has 0 saturated heterocycles. The zero-order chi connectivity index (χ0) is 21.6. The smallest absolute Gasteiger partial charge is 0.248 e. The Hall–Kier alpha value is -3.93. The number of rotatable bonds is 6. The van der Waals surface area contributed by atoms with Crippen LogP contribution in [0.25, 0.3) is 17.2 Å². The second-order valence-corrected chi connectivity index (χ2v) is 6.87. The van der Waals surface area contributed by atoms with Crippen molar-refractivity contribution in [2.45, 2.75) is 0 Å². The van der Waals surface area contributed by atoms with Crippen molar-refractivity contribution in [1.82, 2.24) is 0 Å². The molecule has 1 heterocycles. The maximum atomic E-state index is 12.5. The van der Waals surface area contributed by atoms with Gasteiger partial charge in [-0.15, -0.1) is 0 Å². The lowest BCUT2D eigenvalue weighted by Gasteiger charge is -2.18. The monoisotopic (exact) mass is 417 g/mol. The van der Waals surface area contributed by atoms with Crippen LogP contribution < -0.4 is 24.3 Å². The van der Waals surface area contributed by atoms with E-state index >= 15 is 0 Å². The zero-order valence-corrected chi connectivity index (χ0v) is 17.4. The fourth-order valence-corrected chi connectivity index (χ4v) is 3.30. The highest BCUT2D eigenvalue weighted by atomic mass is 16.6. The fraction of sp³-hybridized carbons (Fsp3) is 0.160. The highest BCUT2D eigenvalue weighted by molar-refractivity contribution is 6.02. The van der Waals surface area contributed by atoms with Gasteiger partial charge < -0.3 is 24.3 Å². The molecule has 1 aliphatic rings. The van der Waals surface area contributed by atoms with Gasteiger partial charge >= 0.3 is 0 Å². The van der Waals surface area contributed by atoms with Crippen molar-refractivity contribution < 1.29 is 23.7 Å². The summed E-state index contributed by atoms with van der Waals surface area (Å²) in [6.07, 6.45) is 3.23. The average molecular weight is 417 g/mol. The molecule has 6 nitrogen and oxygen atoms in total. The van der Waals surface area contributed by atoms with Gasteiger partial charge in [-0.2, -0.15) is 0 Å². The van der Waals surface area contributed by atoms with E-state index in [-0.39, 0.29) is 5.91 Å². The molecule has 6 heteroatoms. The molecule has 4 rings (SSSR count). The van der Waals surface area contributed by atoms with Crippen LogP contribution in [0.15, 0.2) is 66.7 Å². The van der Waals surface area contributed by atoms with E-state index in [9.17, 15) is 4.79 Å². The summed E-state index contributed by atoms with van der Waals surface area (Å²) in [4.78, 5) is 12.5. The minimum Gasteiger partial charge on any atom is -0.497 e. The molecule has 0 aliphatic carbocycles. The molecule has 1 aliphatic heterocycles. The Morgan fingerprint density at radius 2 is 1.68 bits per heavy atom. The van der Waals surface area contributed by atoms with Crippen molar-refractivity contribution in [2.24, 2.45) is 0 Å². The van der Waals surface area contributed by atoms with E-state index in [1.54, 1.807) is 20.3 Å². The van der Waals surface area contributed by atoms with E-state index in [4.69, 9.17) is 18.9 Å². The SMILES string of the molecule is COc1ccc(-c2cc(NC(=O)/C=C/c3ccc4c(c3)OCCO4)ccc2OC)cc1. The third-order valence-electron chi connectivity index (χ3n) is 4.86. The second kappa shape index (κ2) is 9.26. The Labute approximate surface area is 181 Å². The molecule has 3 aromatic rings. The van der Waals surface area contributed by atoms with Gasteiger partial charge in [0.25, 0.3) is 0 Å². The van der Waals surface area contributed by atoms with Gasteiger partial charge in [-0.3, -0.25) is 4.79 Å². The Morgan fingerprint density at radius 3 is 2.42 bits per heavy atom. The molecular formula is C25H23NO5. The van der Waals surface area contributed by atoms with Crippen molar-refractivity contribution >= 4 is 17.7 Å². The number of amides is 1. The van der Waals surface area contributed by atoms with Gasteiger partial charge in [-0.05, 0) is 59.7 Å². The molecule has 1 amide bonds. The molecule has 158 valence electrons. The van der Waals surface area contributed by atoms with Gasteiger partial charge in [0.1, 0.15) is 24.7 Å². The van der Waals surface area contributed by atoms with Gasteiger partial charge in [0.15, 0.2) is 11.5 Å². The van der Waals surface area contributed by atoms with Crippen molar-refractivity contribution in [3.05, 3.63) is 72.3 Å². The highest BCUT2D eigenvalue weighted by Crippen LogP contribution is 2.34. The molecule has 3 aromatic carbocycles. The van der Waals surface area contributed by atoms with Crippen molar-refractivity contribution in [2.75, 3.05) is 32.8 Å². The summed E-state index contributed by atoms with van der Waals surface area (Å²) < 4.78 is 21.8. The first-order chi connectivity index (χ1) is 15.2. The maximum Gasteiger partial charge on any atom is 0.248 e. The topological polar surface area (TPSA) is 66.0 Å². The Kier molecular flexibility index (Phi) is 6.08. The number of carbonyl (C=O) groups is 1. The Bertz CT molecular complexity index is 1110. The molecule has 0 bridgehead atoms. The number of nitrogens with one attached hydrogen (secondary N) is 1. The van der Waals surface area contributed by atoms with Crippen LogP contribution in [0.4, 0.5) is 5.69 Å². The van der Waals surface area contributed by atoms with Gasteiger partial charge in [0.05, 0.1) is 14.2 Å². The normalized spacial score (nSPS) is 12.5. The summed E-state index contributed by atoms with van der Waals surface area (Å²) in [6, 6.07) is 18.8. The lowest BCUT2D eigenvalue weighted by molar-refractivity contribution is -0.111. The quantitative estimate of drug-likeness (QED) is 0.584. The molecule has 0 fully saturated rings. The maximum absolute atomic E-state index is 12.5. The Balaban J connectivity index is 1.49. The van der Waals surface area contributed by atoms with Crippen LogP contribution in [0.5, 0.6) is 23.0 Å². The lowest BCUT2D eigenvalue weighted by atomic mass is 10.0. The van der Waals surface area contributed by atoms with Crippen LogP contribution >= 0.6 is 0 Å². The van der Waals surface area contributed by atoms with Crippen molar-refractivity contribution in [3.63, 3.8) is 0 Å². The van der Waals surface area contributed by atoms with Crippen LogP contribution in [-0.2, 0) is 4.79 Å². The van der Waals surface area contributed by atoms with Gasteiger partial charge in [0.2, 0.25) is 5.91 Å². The minimum absolute atomic E-state index is 0.235. The summed E-state index contributed by atoms with van der Waals surface area (Å²) in [6.45, 7) is 1.07. The molecule has 31 heavy (non-hydrogen) atoms. The van der Waals surface area contributed by atoms with Crippen LogP contribution in [0.1, 0.15) is 5.56 Å². The third-order valence-corrected chi connectivity index (χ3v) is 4.86. The molecule has 0 unspecified atom stereocenters. The van der Waals surface area contributed by atoms with Gasteiger partial charge in [0, 0.05) is 17.3 Å². The van der Waals surface area contributed by atoms with E-state index in [0.29, 0.717) is 24.7 Å². The van der Waals surface area contributed by atoms with Crippen LogP contribution in [0.2, 0.25) is 0 Å². The summed E-state index contributed by atoms with van der Waals surface area (Å²) in [5.74, 6) is 2.66. The summed E-state index contributed by atoms with van der Waals surface area (Å²) in [7, 11) is 3.25. The number of hydrogen-bond acceptors (Lipinski definition) is 5. The van der Waals surface area contributed by atoms with Gasteiger partial charge in [-0.1, -0.05) is 18.2 Å². The molecule has 0 aromatic heterocycles. The molecule has 0 radical (unpaired) electrons. The Morgan fingerprint density at radius 1 is 0.903 bits per heavy atom. The molecule has 1 N–H and O–H groups in total. The van der Waals surface area contributed by atoms with Crippen LogP contribution in [-0.4, -0.2) is 33.3 Å². The average Bonchev–Trinajstić information content (AvgIpc) is 2.82. The van der Waals surface area contributed by atoms with Crippen LogP contribution in [0.3, 0.4) is 0 Å². The second-order valence-electron chi connectivity index (χ2n) is 6.87. The molecular weight excluding hydrogens is 394 g/mol. The highest BCUT2D eigenvalue weighted by Gasteiger charge is 2.11. The summed E-state index contributed by atoms with van der Waals surface area (Å²) in [5.41, 5.74) is 3.36. The first-order valence-electron chi connectivity index (χ1n) is 9.87. The minimum atomic E-state index is -0.235. The molecule has 0 atom stereocenters. The predicted molar refractivity (Wildman–Crippen MR) is 120 cm³/mol. The van der Waals surface area contributed by atoms with E-state index in [0.717, 1.165) is 33.9 Å². The first kappa shape index (κ1) is 20.3. The number of hydrogen-bond donors (Lipinski definition) is 1. The number of carbonyl (C=O) groups excluding carboxylic acids is 1. The standard InChI is InChI=1S/C25H23NO5/c1-28-20-8-5-18(6-9-20)21-16-19(7-11-22(21)29-2)26-25(27)12-4-17-3-10-23-24(15-17)31-14-13-30-23/h3-12,15-16H,13-14H2,1-2H3,(H,26,27)/b12-4+. The number of benzene rings is 3. The van der Waals surface area contributed by atoms with E-state index in [1.165, 1.54) is 6.08 Å². The van der Waals surface area contributed by atoms with Crippen LogP contribution in [0, 0.1) is 0 Å². The summed E-state index contributed by atoms with van der Waals surface area (Å²) >= 11 is 0.